The third kappa shape index (κ3) is 8.94. The van der Waals surface area contributed by atoms with E-state index in [4.69, 9.17) is 10.6 Å². The van der Waals surface area contributed by atoms with Crippen molar-refractivity contribution >= 4 is 5.96 Å². The molecule has 0 aromatic rings. The first-order chi connectivity index (χ1) is 8.05. The van der Waals surface area contributed by atoms with Crippen molar-refractivity contribution in [2.75, 3.05) is 26.3 Å². The SMILES string of the molecule is CCOCCCNC(=NCC(C)(C)CC)NN. The Kier molecular flexibility index (Phi) is 8.80. The average Bonchev–Trinajstić information content (AvgIpc) is 2.32. The van der Waals surface area contributed by atoms with Crippen LogP contribution in [0.1, 0.15) is 40.5 Å². The van der Waals surface area contributed by atoms with Crippen molar-refractivity contribution in [2.45, 2.75) is 40.5 Å². The Morgan fingerprint density at radius 1 is 1.35 bits per heavy atom. The molecule has 102 valence electrons. The summed E-state index contributed by atoms with van der Waals surface area (Å²) in [6.45, 7) is 11.7. The van der Waals surface area contributed by atoms with Crippen LogP contribution in [0.4, 0.5) is 0 Å². The van der Waals surface area contributed by atoms with Gasteiger partial charge in [0.1, 0.15) is 0 Å². The lowest BCUT2D eigenvalue weighted by molar-refractivity contribution is 0.145. The van der Waals surface area contributed by atoms with Gasteiger partial charge < -0.3 is 10.1 Å². The number of nitrogens with one attached hydrogen (secondary N) is 2. The smallest absolute Gasteiger partial charge is 0.205 e. The Hall–Kier alpha value is -0.810. The largest absolute Gasteiger partial charge is 0.382 e. The van der Waals surface area contributed by atoms with E-state index in [9.17, 15) is 0 Å². The summed E-state index contributed by atoms with van der Waals surface area (Å²) in [5.41, 5.74) is 2.81. The molecular formula is C12H28N4O. The monoisotopic (exact) mass is 244 g/mol. The standard InChI is InChI=1S/C12H28N4O/c1-5-12(3,4)10-15-11(16-13)14-8-7-9-17-6-2/h5-10,13H2,1-4H3,(H2,14,15,16). The Balaban J connectivity index is 3.86. The van der Waals surface area contributed by atoms with Crippen molar-refractivity contribution in [2.24, 2.45) is 16.3 Å². The van der Waals surface area contributed by atoms with Crippen LogP contribution in [0.2, 0.25) is 0 Å². The van der Waals surface area contributed by atoms with Gasteiger partial charge in [-0.1, -0.05) is 20.8 Å². The van der Waals surface area contributed by atoms with Crippen molar-refractivity contribution < 1.29 is 4.74 Å². The van der Waals surface area contributed by atoms with Crippen LogP contribution in [0.25, 0.3) is 0 Å². The van der Waals surface area contributed by atoms with Gasteiger partial charge in [0.25, 0.3) is 0 Å². The van der Waals surface area contributed by atoms with Crippen LogP contribution in [0.3, 0.4) is 0 Å². The van der Waals surface area contributed by atoms with Gasteiger partial charge in [0, 0.05) is 26.3 Å². The third-order valence-electron chi connectivity index (χ3n) is 2.72. The second-order valence-electron chi connectivity index (χ2n) is 4.80. The van der Waals surface area contributed by atoms with Crippen molar-refractivity contribution in [3.8, 4) is 0 Å². The molecule has 5 nitrogen and oxygen atoms in total. The fourth-order valence-corrected chi connectivity index (χ4v) is 1.08. The first-order valence-corrected chi connectivity index (χ1v) is 6.38. The minimum Gasteiger partial charge on any atom is -0.382 e. The van der Waals surface area contributed by atoms with Crippen LogP contribution >= 0.6 is 0 Å². The Bertz CT molecular complexity index is 217. The maximum absolute atomic E-state index is 5.41. The van der Waals surface area contributed by atoms with Gasteiger partial charge in [-0.2, -0.15) is 0 Å². The number of hydrogen-bond donors (Lipinski definition) is 3. The van der Waals surface area contributed by atoms with Crippen LogP contribution in [0.5, 0.6) is 0 Å². The molecular weight excluding hydrogens is 216 g/mol. The highest BCUT2D eigenvalue weighted by molar-refractivity contribution is 5.79. The summed E-state index contributed by atoms with van der Waals surface area (Å²) in [7, 11) is 0. The van der Waals surface area contributed by atoms with Gasteiger partial charge in [-0.05, 0) is 25.2 Å². The van der Waals surface area contributed by atoms with E-state index in [0.717, 1.165) is 39.1 Å². The summed E-state index contributed by atoms with van der Waals surface area (Å²) in [5.74, 6) is 6.07. The van der Waals surface area contributed by atoms with Crippen LogP contribution in [-0.2, 0) is 4.74 Å². The van der Waals surface area contributed by atoms with Crippen molar-refractivity contribution in [1.29, 1.82) is 0 Å². The molecule has 4 N–H and O–H groups in total. The number of ether oxygens (including phenoxy) is 1. The van der Waals surface area contributed by atoms with Crippen LogP contribution in [0, 0.1) is 5.41 Å². The lowest BCUT2D eigenvalue weighted by atomic mass is 9.91. The highest BCUT2D eigenvalue weighted by Crippen LogP contribution is 2.19. The van der Waals surface area contributed by atoms with Gasteiger partial charge in [-0.15, -0.1) is 0 Å². The number of hydrazine groups is 1. The molecule has 0 atom stereocenters. The molecule has 0 aliphatic rings. The Morgan fingerprint density at radius 3 is 2.59 bits per heavy atom. The predicted molar refractivity (Wildman–Crippen MR) is 72.8 cm³/mol. The molecule has 0 aromatic heterocycles. The van der Waals surface area contributed by atoms with Gasteiger partial charge in [-0.3, -0.25) is 10.4 Å². The third-order valence-corrected chi connectivity index (χ3v) is 2.72. The zero-order chi connectivity index (χ0) is 13.1. The quantitative estimate of drug-likeness (QED) is 0.198. The summed E-state index contributed by atoms with van der Waals surface area (Å²) in [4.78, 5) is 4.43. The van der Waals surface area contributed by atoms with Crippen molar-refractivity contribution in [1.82, 2.24) is 10.7 Å². The molecule has 0 spiro atoms. The first-order valence-electron chi connectivity index (χ1n) is 6.38. The minimum atomic E-state index is 0.217. The van der Waals surface area contributed by atoms with Crippen molar-refractivity contribution in [3.63, 3.8) is 0 Å². The highest BCUT2D eigenvalue weighted by Gasteiger charge is 2.14. The second kappa shape index (κ2) is 9.24. The minimum absolute atomic E-state index is 0.217. The van der Waals surface area contributed by atoms with Gasteiger partial charge in [-0.25, -0.2) is 5.84 Å². The number of guanidine groups is 1. The highest BCUT2D eigenvalue weighted by atomic mass is 16.5. The molecule has 0 heterocycles. The molecule has 0 aliphatic carbocycles. The lowest BCUT2D eigenvalue weighted by Crippen LogP contribution is -2.42. The van der Waals surface area contributed by atoms with Gasteiger partial charge in [0.2, 0.25) is 5.96 Å². The number of nitrogens with two attached hydrogens (primary N) is 1. The first kappa shape index (κ1) is 16.2. The summed E-state index contributed by atoms with van der Waals surface area (Å²) in [5, 5.41) is 3.16. The molecule has 0 aliphatic heterocycles. The lowest BCUT2D eigenvalue weighted by Gasteiger charge is -2.20. The van der Waals surface area contributed by atoms with E-state index in [-0.39, 0.29) is 5.41 Å². The van der Waals surface area contributed by atoms with Crippen LogP contribution in [0.15, 0.2) is 4.99 Å². The van der Waals surface area contributed by atoms with E-state index >= 15 is 0 Å². The fraction of sp³-hybridized carbons (Fsp3) is 0.917. The molecule has 0 aromatic carbocycles. The second-order valence-corrected chi connectivity index (χ2v) is 4.80. The number of hydrogen-bond acceptors (Lipinski definition) is 3. The fourth-order valence-electron chi connectivity index (χ4n) is 1.08. The van der Waals surface area contributed by atoms with E-state index in [2.05, 4.69) is 36.5 Å². The van der Waals surface area contributed by atoms with E-state index in [1.165, 1.54) is 0 Å². The predicted octanol–water partition coefficient (Wildman–Crippen LogP) is 1.26. The van der Waals surface area contributed by atoms with E-state index in [1.54, 1.807) is 0 Å². The normalized spacial score (nSPS) is 12.6. The van der Waals surface area contributed by atoms with Crippen molar-refractivity contribution in [3.05, 3.63) is 0 Å². The molecule has 0 radical (unpaired) electrons. The molecule has 0 fully saturated rings. The summed E-state index contributed by atoms with van der Waals surface area (Å²) >= 11 is 0. The van der Waals surface area contributed by atoms with Gasteiger partial charge in [0.15, 0.2) is 0 Å². The Labute approximate surface area is 105 Å². The molecule has 0 bridgehead atoms. The summed E-state index contributed by atoms with van der Waals surface area (Å²) in [6, 6.07) is 0. The maximum atomic E-state index is 5.41. The topological polar surface area (TPSA) is 71.7 Å². The molecule has 0 saturated heterocycles. The molecule has 17 heavy (non-hydrogen) atoms. The number of aliphatic imine (C=N–C) groups is 1. The van der Waals surface area contributed by atoms with Crippen LogP contribution < -0.4 is 16.6 Å². The van der Waals surface area contributed by atoms with E-state index < -0.39 is 0 Å². The van der Waals surface area contributed by atoms with E-state index in [0.29, 0.717) is 5.96 Å². The van der Waals surface area contributed by atoms with Gasteiger partial charge >= 0.3 is 0 Å². The molecule has 0 unspecified atom stereocenters. The molecule has 0 amide bonds. The molecule has 5 heteroatoms. The Morgan fingerprint density at radius 2 is 2.06 bits per heavy atom. The zero-order valence-electron chi connectivity index (χ0n) is 11.7. The maximum Gasteiger partial charge on any atom is 0.205 e. The number of nitrogens with zero attached hydrogens (tertiary/aromatic N) is 1. The van der Waals surface area contributed by atoms with Crippen LogP contribution in [-0.4, -0.2) is 32.3 Å². The zero-order valence-corrected chi connectivity index (χ0v) is 11.7. The number of rotatable bonds is 8. The summed E-state index contributed by atoms with van der Waals surface area (Å²) < 4.78 is 5.25. The average molecular weight is 244 g/mol. The molecule has 0 rings (SSSR count). The van der Waals surface area contributed by atoms with E-state index in [1.807, 2.05) is 6.92 Å². The molecule has 0 saturated carbocycles. The van der Waals surface area contributed by atoms with Gasteiger partial charge in [0.05, 0.1) is 0 Å². The summed E-state index contributed by atoms with van der Waals surface area (Å²) in [6.07, 6.45) is 2.05.